The molecule has 0 bridgehead atoms. The molecule has 0 aliphatic heterocycles. The molecule has 5 rings (SSSR count). The quantitative estimate of drug-likeness (QED) is 0.314. The predicted molar refractivity (Wildman–Crippen MR) is 126 cm³/mol. The van der Waals surface area contributed by atoms with Gasteiger partial charge in [-0.25, -0.2) is 9.67 Å². The number of oxazole rings is 1. The molecule has 166 valence electrons. The van der Waals surface area contributed by atoms with Crippen molar-refractivity contribution in [2.75, 3.05) is 6.26 Å². The molecule has 0 aliphatic rings. The third-order valence-electron chi connectivity index (χ3n) is 5.42. The van der Waals surface area contributed by atoms with E-state index in [1.54, 1.807) is 16.4 Å². The number of rotatable bonds is 6. The van der Waals surface area contributed by atoms with Gasteiger partial charge in [-0.3, -0.25) is 0 Å². The smallest absolute Gasteiger partial charge is 0.280 e. The minimum Gasteiger partial charge on any atom is -0.441 e. The molecule has 33 heavy (non-hydrogen) atoms. The van der Waals surface area contributed by atoms with E-state index in [9.17, 15) is 0 Å². The van der Waals surface area contributed by atoms with E-state index >= 15 is 0 Å². The number of nitrogens with zero attached hydrogens (tertiary/aromatic N) is 6. The van der Waals surface area contributed by atoms with Crippen LogP contribution in [0, 0.1) is 20.8 Å². The standard InChI is InChI=1S/C24H22N6O2S/c1-14-6-5-7-18(12-14)23-25-20(16(3)31-23)13-30-15(2)21(27-29-30)24-26-22(28-32-24)17-8-10-19(33-4)11-9-17/h5-12H,13H2,1-4H3. The molecule has 0 amide bonds. The molecule has 0 spiro atoms. The molecular weight excluding hydrogens is 436 g/mol. The van der Waals surface area contributed by atoms with E-state index in [1.165, 1.54) is 4.90 Å². The fourth-order valence-corrected chi connectivity index (χ4v) is 3.91. The number of hydrogen-bond donors (Lipinski definition) is 0. The molecule has 0 fully saturated rings. The van der Waals surface area contributed by atoms with Crippen LogP contribution in [-0.4, -0.2) is 36.4 Å². The molecule has 8 nitrogen and oxygen atoms in total. The fraction of sp³-hybridized carbons (Fsp3) is 0.208. The minimum absolute atomic E-state index is 0.333. The summed E-state index contributed by atoms with van der Waals surface area (Å²) in [5, 5.41) is 12.7. The lowest BCUT2D eigenvalue weighted by molar-refractivity contribution is 0.430. The van der Waals surface area contributed by atoms with Crippen LogP contribution < -0.4 is 0 Å². The van der Waals surface area contributed by atoms with Crippen LogP contribution in [0.2, 0.25) is 0 Å². The van der Waals surface area contributed by atoms with Gasteiger partial charge < -0.3 is 8.94 Å². The van der Waals surface area contributed by atoms with E-state index in [4.69, 9.17) is 8.94 Å². The second-order valence-corrected chi connectivity index (χ2v) is 8.60. The zero-order chi connectivity index (χ0) is 22.9. The molecule has 3 heterocycles. The Labute approximate surface area is 195 Å². The van der Waals surface area contributed by atoms with E-state index in [1.807, 2.05) is 69.5 Å². The maximum Gasteiger partial charge on any atom is 0.280 e. The average molecular weight is 459 g/mol. The minimum atomic E-state index is 0.333. The van der Waals surface area contributed by atoms with E-state index in [0.717, 1.165) is 33.8 Å². The molecule has 0 saturated carbocycles. The fourth-order valence-electron chi connectivity index (χ4n) is 3.50. The average Bonchev–Trinajstić information content (AvgIpc) is 3.54. The number of hydrogen-bond acceptors (Lipinski definition) is 8. The number of thioether (sulfide) groups is 1. The maximum atomic E-state index is 5.91. The summed E-state index contributed by atoms with van der Waals surface area (Å²) >= 11 is 1.68. The van der Waals surface area contributed by atoms with Crippen molar-refractivity contribution >= 4 is 11.8 Å². The summed E-state index contributed by atoms with van der Waals surface area (Å²) in [6, 6.07) is 16.1. The van der Waals surface area contributed by atoms with Gasteiger partial charge in [-0.05, 0) is 63.4 Å². The number of aromatic nitrogens is 6. The van der Waals surface area contributed by atoms with Crippen LogP contribution in [-0.2, 0) is 6.54 Å². The Kier molecular flexibility index (Phi) is 5.55. The lowest BCUT2D eigenvalue weighted by atomic mass is 10.1. The lowest BCUT2D eigenvalue weighted by Crippen LogP contribution is -2.05. The van der Waals surface area contributed by atoms with Crippen LogP contribution in [0.4, 0.5) is 0 Å². The van der Waals surface area contributed by atoms with Crippen LogP contribution in [0.15, 0.2) is 62.4 Å². The molecule has 5 aromatic rings. The second kappa shape index (κ2) is 8.67. The summed E-state index contributed by atoms with van der Waals surface area (Å²) in [4.78, 5) is 10.4. The molecule has 9 heteroatoms. The van der Waals surface area contributed by atoms with Crippen molar-refractivity contribution in [2.24, 2.45) is 0 Å². The van der Waals surface area contributed by atoms with Gasteiger partial charge in [0.15, 0.2) is 5.69 Å². The summed E-state index contributed by atoms with van der Waals surface area (Å²) in [7, 11) is 0. The highest BCUT2D eigenvalue weighted by atomic mass is 32.2. The van der Waals surface area contributed by atoms with E-state index in [2.05, 4.69) is 31.5 Å². The number of aryl methyl sites for hydroxylation is 2. The Morgan fingerprint density at radius 3 is 2.52 bits per heavy atom. The normalized spacial score (nSPS) is 11.3. The largest absolute Gasteiger partial charge is 0.441 e. The van der Waals surface area contributed by atoms with E-state index < -0.39 is 0 Å². The highest BCUT2D eigenvalue weighted by molar-refractivity contribution is 7.98. The summed E-state index contributed by atoms with van der Waals surface area (Å²) in [5.41, 5.74) is 5.14. The monoisotopic (exact) mass is 458 g/mol. The maximum absolute atomic E-state index is 5.91. The predicted octanol–water partition coefficient (Wildman–Crippen LogP) is 5.35. The first-order chi connectivity index (χ1) is 16.0. The van der Waals surface area contributed by atoms with Crippen molar-refractivity contribution in [1.29, 1.82) is 0 Å². The van der Waals surface area contributed by atoms with Crippen molar-refractivity contribution in [3.8, 4) is 34.4 Å². The van der Waals surface area contributed by atoms with Crippen LogP contribution in [0.1, 0.15) is 22.7 Å². The van der Waals surface area contributed by atoms with Gasteiger partial charge >= 0.3 is 0 Å². The van der Waals surface area contributed by atoms with E-state index in [0.29, 0.717) is 29.8 Å². The molecule has 0 aliphatic carbocycles. The van der Waals surface area contributed by atoms with Gasteiger partial charge in [0.2, 0.25) is 11.7 Å². The Balaban J connectivity index is 1.38. The van der Waals surface area contributed by atoms with Gasteiger partial charge in [0, 0.05) is 16.0 Å². The molecule has 0 radical (unpaired) electrons. The summed E-state index contributed by atoms with van der Waals surface area (Å²) in [6.45, 7) is 6.30. The van der Waals surface area contributed by atoms with Gasteiger partial charge in [0.05, 0.1) is 12.2 Å². The van der Waals surface area contributed by atoms with Crippen molar-refractivity contribution in [2.45, 2.75) is 32.2 Å². The van der Waals surface area contributed by atoms with Crippen LogP contribution in [0.5, 0.6) is 0 Å². The Morgan fingerprint density at radius 2 is 1.76 bits per heavy atom. The third-order valence-corrected chi connectivity index (χ3v) is 6.16. The zero-order valence-corrected chi connectivity index (χ0v) is 19.6. The van der Waals surface area contributed by atoms with Crippen LogP contribution in [0.25, 0.3) is 34.4 Å². The second-order valence-electron chi connectivity index (χ2n) is 7.72. The molecule has 0 atom stereocenters. The molecule has 2 aromatic carbocycles. The van der Waals surface area contributed by atoms with Gasteiger partial charge in [0.25, 0.3) is 5.89 Å². The highest BCUT2D eigenvalue weighted by Gasteiger charge is 2.20. The van der Waals surface area contributed by atoms with Crippen molar-refractivity contribution in [3.05, 3.63) is 71.2 Å². The summed E-state index contributed by atoms with van der Waals surface area (Å²) < 4.78 is 13.2. The molecule has 0 N–H and O–H groups in total. The van der Waals surface area contributed by atoms with Crippen molar-refractivity contribution < 1.29 is 8.94 Å². The first-order valence-corrected chi connectivity index (χ1v) is 11.7. The Hall–Kier alpha value is -3.72. The summed E-state index contributed by atoms with van der Waals surface area (Å²) in [6.07, 6.45) is 2.04. The molecular formula is C24H22N6O2S. The van der Waals surface area contributed by atoms with Crippen LogP contribution >= 0.6 is 11.8 Å². The van der Waals surface area contributed by atoms with Gasteiger partial charge in [0.1, 0.15) is 11.5 Å². The van der Waals surface area contributed by atoms with Crippen molar-refractivity contribution in [3.63, 3.8) is 0 Å². The highest BCUT2D eigenvalue weighted by Crippen LogP contribution is 2.26. The summed E-state index contributed by atoms with van der Waals surface area (Å²) in [5.74, 6) is 2.19. The van der Waals surface area contributed by atoms with E-state index in [-0.39, 0.29) is 0 Å². The first kappa shape index (κ1) is 21.1. The third kappa shape index (κ3) is 4.19. The first-order valence-electron chi connectivity index (χ1n) is 10.4. The SMILES string of the molecule is CSc1ccc(-c2noc(-c3nnn(Cc4nc(-c5cccc(C)c5)oc4C)c3C)n2)cc1. The Morgan fingerprint density at radius 1 is 0.939 bits per heavy atom. The molecule has 3 aromatic heterocycles. The Bertz CT molecular complexity index is 1420. The van der Waals surface area contributed by atoms with Gasteiger partial charge in [-0.2, -0.15) is 4.98 Å². The zero-order valence-electron chi connectivity index (χ0n) is 18.7. The van der Waals surface area contributed by atoms with Gasteiger partial charge in [-0.1, -0.05) is 28.1 Å². The topological polar surface area (TPSA) is 95.7 Å². The number of benzene rings is 2. The molecule has 0 saturated heterocycles. The molecule has 0 unspecified atom stereocenters. The van der Waals surface area contributed by atoms with Gasteiger partial charge in [-0.15, -0.1) is 16.9 Å². The lowest BCUT2D eigenvalue weighted by Gasteiger charge is -2.00. The van der Waals surface area contributed by atoms with Crippen LogP contribution in [0.3, 0.4) is 0 Å². The van der Waals surface area contributed by atoms with Crippen molar-refractivity contribution in [1.82, 2.24) is 30.1 Å².